The van der Waals surface area contributed by atoms with Crippen molar-refractivity contribution in [3.05, 3.63) is 77.2 Å². The third kappa shape index (κ3) is 3.32. The van der Waals surface area contributed by atoms with Crippen LogP contribution in [-0.2, 0) is 9.53 Å². The van der Waals surface area contributed by atoms with Gasteiger partial charge in [-0.25, -0.2) is 14.2 Å². The van der Waals surface area contributed by atoms with Crippen molar-refractivity contribution in [3.8, 4) is 16.3 Å². The Bertz CT molecular complexity index is 1260. The first-order valence-corrected chi connectivity index (χ1v) is 10.8. The number of carbonyl (C=O) groups excluding carboxylic acids is 1. The van der Waals surface area contributed by atoms with Crippen LogP contribution in [0.2, 0.25) is 0 Å². The second-order valence-corrected chi connectivity index (χ2v) is 7.95. The Kier molecular flexibility index (Phi) is 4.87. The molecule has 1 aromatic carbocycles. The van der Waals surface area contributed by atoms with Crippen molar-refractivity contribution in [2.75, 3.05) is 11.9 Å². The van der Waals surface area contributed by atoms with E-state index in [1.807, 2.05) is 65.6 Å². The van der Waals surface area contributed by atoms with Crippen molar-refractivity contribution in [1.82, 2.24) is 24.5 Å². The number of allylic oxidation sites excluding steroid dienone is 1. The Morgan fingerprint density at radius 3 is 2.81 bits per heavy atom. The minimum Gasteiger partial charge on any atom is -0.463 e. The van der Waals surface area contributed by atoms with Gasteiger partial charge in [0.1, 0.15) is 18.1 Å². The van der Waals surface area contributed by atoms with Gasteiger partial charge in [0.25, 0.3) is 0 Å². The number of para-hydroxylation sites is 1. The van der Waals surface area contributed by atoms with Crippen LogP contribution in [0, 0.1) is 0 Å². The molecule has 4 aromatic rings. The zero-order valence-corrected chi connectivity index (χ0v) is 17.8. The number of anilines is 1. The van der Waals surface area contributed by atoms with Gasteiger partial charge in [-0.1, -0.05) is 24.3 Å². The molecule has 0 radical (unpaired) electrons. The van der Waals surface area contributed by atoms with Crippen LogP contribution in [0.5, 0.6) is 0 Å². The Hall–Kier alpha value is -3.72. The summed E-state index contributed by atoms with van der Waals surface area (Å²) < 4.78 is 8.94. The highest BCUT2D eigenvalue weighted by Gasteiger charge is 2.37. The van der Waals surface area contributed by atoms with E-state index >= 15 is 0 Å². The molecule has 9 heteroatoms. The van der Waals surface area contributed by atoms with E-state index in [9.17, 15) is 4.79 Å². The van der Waals surface area contributed by atoms with Crippen LogP contribution in [-0.4, -0.2) is 37.1 Å². The van der Waals surface area contributed by atoms with Crippen molar-refractivity contribution in [3.63, 3.8) is 0 Å². The molecule has 1 aliphatic heterocycles. The standard InChI is InChI=1S/C22H20N6O2S/c1-3-30-21(29)18-14(2)25-22-23-13-24-28(22)20(18)16-12-27(15-8-5-4-6-9-15)26-19(16)17-10-7-11-31-17/h4-13,20H,3H2,1-2H3,(H,23,24,25)/t20-/m0/s1. The number of ether oxygens (including phenoxy) is 1. The number of rotatable bonds is 5. The molecule has 4 heterocycles. The highest BCUT2D eigenvalue weighted by atomic mass is 32.1. The molecule has 0 fully saturated rings. The summed E-state index contributed by atoms with van der Waals surface area (Å²) in [6.45, 7) is 3.93. The molecule has 0 saturated heterocycles. The van der Waals surface area contributed by atoms with E-state index in [2.05, 4.69) is 15.4 Å². The smallest absolute Gasteiger partial charge is 0.338 e. The van der Waals surface area contributed by atoms with Crippen molar-refractivity contribution >= 4 is 23.3 Å². The predicted octanol–water partition coefficient (Wildman–Crippen LogP) is 4.04. The van der Waals surface area contributed by atoms with E-state index in [0.717, 1.165) is 21.8 Å². The molecule has 31 heavy (non-hydrogen) atoms. The van der Waals surface area contributed by atoms with Crippen LogP contribution >= 0.6 is 11.3 Å². The van der Waals surface area contributed by atoms with E-state index in [1.54, 1.807) is 22.9 Å². The monoisotopic (exact) mass is 432 g/mol. The minimum absolute atomic E-state index is 0.285. The molecule has 1 aliphatic rings. The molecule has 0 spiro atoms. The Morgan fingerprint density at radius 1 is 1.23 bits per heavy atom. The molecule has 0 aliphatic carbocycles. The van der Waals surface area contributed by atoms with Crippen LogP contribution < -0.4 is 5.32 Å². The molecule has 8 nitrogen and oxygen atoms in total. The largest absolute Gasteiger partial charge is 0.463 e. The molecule has 0 bridgehead atoms. The fourth-order valence-electron chi connectivity index (χ4n) is 3.76. The first-order chi connectivity index (χ1) is 15.2. The number of carbonyl (C=O) groups is 1. The summed E-state index contributed by atoms with van der Waals surface area (Å²) in [6.07, 6.45) is 3.43. The van der Waals surface area contributed by atoms with Gasteiger partial charge in [-0.05, 0) is 37.4 Å². The predicted molar refractivity (Wildman–Crippen MR) is 118 cm³/mol. The van der Waals surface area contributed by atoms with Gasteiger partial charge in [-0.2, -0.15) is 15.2 Å². The summed E-state index contributed by atoms with van der Waals surface area (Å²) in [5, 5.41) is 14.5. The summed E-state index contributed by atoms with van der Waals surface area (Å²) >= 11 is 1.60. The minimum atomic E-state index is -0.521. The quantitative estimate of drug-likeness (QED) is 0.479. The van der Waals surface area contributed by atoms with Crippen molar-refractivity contribution in [2.24, 2.45) is 0 Å². The van der Waals surface area contributed by atoms with Gasteiger partial charge in [0.15, 0.2) is 0 Å². The number of hydrogen-bond acceptors (Lipinski definition) is 7. The van der Waals surface area contributed by atoms with Crippen molar-refractivity contribution in [2.45, 2.75) is 19.9 Å². The van der Waals surface area contributed by atoms with E-state index in [1.165, 1.54) is 6.33 Å². The summed E-state index contributed by atoms with van der Waals surface area (Å²) in [7, 11) is 0. The first kappa shape index (κ1) is 19.3. The number of nitrogens with one attached hydrogen (secondary N) is 1. The second kappa shape index (κ2) is 7.84. The van der Waals surface area contributed by atoms with Crippen LogP contribution in [0.4, 0.5) is 5.95 Å². The fraction of sp³-hybridized carbons (Fsp3) is 0.182. The second-order valence-electron chi connectivity index (χ2n) is 7.01. The van der Waals surface area contributed by atoms with Crippen LogP contribution in [0.25, 0.3) is 16.3 Å². The van der Waals surface area contributed by atoms with Gasteiger partial charge in [0, 0.05) is 17.5 Å². The average molecular weight is 433 g/mol. The Labute approximate surface area is 182 Å². The third-order valence-electron chi connectivity index (χ3n) is 5.10. The molecule has 0 amide bonds. The summed E-state index contributed by atoms with van der Waals surface area (Å²) in [4.78, 5) is 18.3. The Balaban J connectivity index is 1.74. The summed E-state index contributed by atoms with van der Waals surface area (Å²) in [6, 6.07) is 13.4. The molecule has 1 atom stereocenters. The average Bonchev–Trinajstić information content (AvgIpc) is 3.53. The third-order valence-corrected chi connectivity index (χ3v) is 5.98. The van der Waals surface area contributed by atoms with Crippen LogP contribution in [0.3, 0.4) is 0 Å². The van der Waals surface area contributed by atoms with E-state index in [4.69, 9.17) is 9.84 Å². The lowest BCUT2D eigenvalue weighted by atomic mass is 9.95. The molecule has 5 rings (SSSR count). The number of thiophene rings is 1. The zero-order chi connectivity index (χ0) is 21.4. The Morgan fingerprint density at radius 2 is 2.06 bits per heavy atom. The number of aromatic nitrogens is 5. The molecule has 0 unspecified atom stereocenters. The van der Waals surface area contributed by atoms with Gasteiger partial charge >= 0.3 is 5.97 Å². The molecule has 3 aromatic heterocycles. The molecule has 156 valence electrons. The maximum absolute atomic E-state index is 13.0. The molecular weight excluding hydrogens is 412 g/mol. The van der Waals surface area contributed by atoms with E-state index in [-0.39, 0.29) is 12.6 Å². The van der Waals surface area contributed by atoms with Crippen molar-refractivity contribution < 1.29 is 9.53 Å². The molecule has 0 saturated carbocycles. The van der Waals surface area contributed by atoms with Gasteiger partial charge < -0.3 is 10.1 Å². The lowest BCUT2D eigenvalue weighted by molar-refractivity contribution is -0.139. The van der Waals surface area contributed by atoms with E-state index < -0.39 is 6.04 Å². The SMILES string of the molecule is CCOC(=O)C1=C(C)Nc2ncnn2[C@H]1c1cn(-c2ccccc2)nc1-c1cccs1. The number of fused-ring (bicyclic) bond motifs is 1. The topological polar surface area (TPSA) is 86.9 Å². The van der Waals surface area contributed by atoms with E-state index in [0.29, 0.717) is 17.2 Å². The van der Waals surface area contributed by atoms with Crippen LogP contribution in [0.1, 0.15) is 25.5 Å². The maximum Gasteiger partial charge on any atom is 0.338 e. The highest BCUT2D eigenvalue weighted by molar-refractivity contribution is 7.13. The molecule has 1 N–H and O–H groups in total. The van der Waals surface area contributed by atoms with Crippen molar-refractivity contribution in [1.29, 1.82) is 0 Å². The van der Waals surface area contributed by atoms with Gasteiger partial charge in [-0.15, -0.1) is 11.3 Å². The number of hydrogen-bond donors (Lipinski definition) is 1. The number of nitrogens with zero attached hydrogens (tertiary/aromatic N) is 5. The number of esters is 1. The molecular formula is C22H20N6O2S. The maximum atomic E-state index is 13.0. The van der Waals surface area contributed by atoms with Crippen LogP contribution in [0.15, 0.2) is 71.6 Å². The highest BCUT2D eigenvalue weighted by Crippen LogP contribution is 2.40. The van der Waals surface area contributed by atoms with Gasteiger partial charge in [0.2, 0.25) is 5.95 Å². The van der Waals surface area contributed by atoms with Gasteiger partial charge in [0.05, 0.1) is 22.7 Å². The summed E-state index contributed by atoms with van der Waals surface area (Å²) in [5.41, 5.74) is 3.75. The first-order valence-electron chi connectivity index (χ1n) is 9.90. The normalized spacial score (nSPS) is 15.5. The lowest BCUT2D eigenvalue weighted by Gasteiger charge is -2.27. The lowest BCUT2D eigenvalue weighted by Crippen LogP contribution is -2.29. The number of benzene rings is 1. The summed E-state index contributed by atoms with van der Waals surface area (Å²) in [5.74, 6) is 0.184. The zero-order valence-electron chi connectivity index (χ0n) is 17.0. The fourth-order valence-corrected chi connectivity index (χ4v) is 4.49. The van der Waals surface area contributed by atoms with Gasteiger partial charge in [-0.3, -0.25) is 0 Å².